The van der Waals surface area contributed by atoms with Gasteiger partial charge in [0.2, 0.25) is 0 Å². The molecule has 0 unspecified atom stereocenters. The highest BCUT2D eigenvalue weighted by Gasteiger charge is 2.21. The molecule has 2 heterocycles. The molecule has 0 aliphatic carbocycles. The van der Waals surface area contributed by atoms with Gasteiger partial charge in [0.15, 0.2) is 10.9 Å². The number of hydrogen-bond acceptors (Lipinski definition) is 7. The van der Waals surface area contributed by atoms with Crippen LogP contribution in [0.25, 0.3) is 5.69 Å². The van der Waals surface area contributed by atoms with E-state index in [4.69, 9.17) is 16.3 Å². The summed E-state index contributed by atoms with van der Waals surface area (Å²) in [6.45, 7) is 0. The Morgan fingerprint density at radius 1 is 1.10 bits per heavy atom. The number of carbonyl (C=O) groups excluding carboxylic acids is 1. The number of amides is 1. The standard InChI is InChI=1S/C21H17ClN6O2S/c1-30-17-9-5-15(6-10-17)25-20(29)19-18(13-31-21-23-11-2-12-24-21)28(27-26-19)16-7-3-14(22)4-8-16/h2-12H,13H2,1H3,(H,25,29). The SMILES string of the molecule is COc1ccc(NC(=O)c2nnn(-c3ccc(Cl)cc3)c2CSc2ncccn2)cc1. The Hall–Kier alpha value is -3.43. The number of carbonyl (C=O) groups is 1. The van der Waals surface area contributed by atoms with E-state index in [1.807, 2.05) is 12.1 Å². The number of halogens is 1. The van der Waals surface area contributed by atoms with Gasteiger partial charge >= 0.3 is 0 Å². The highest BCUT2D eigenvalue weighted by atomic mass is 35.5. The zero-order chi connectivity index (χ0) is 21.6. The molecule has 0 atom stereocenters. The zero-order valence-electron chi connectivity index (χ0n) is 16.4. The van der Waals surface area contributed by atoms with Gasteiger partial charge in [-0.25, -0.2) is 14.6 Å². The zero-order valence-corrected chi connectivity index (χ0v) is 18.0. The molecule has 1 N–H and O–H groups in total. The second kappa shape index (κ2) is 9.59. The number of aromatic nitrogens is 5. The fourth-order valence-electron chi connectivity index (χ4n) is 2.75. The summed E-state index contributed by atoms with van der Waals surface area (Å²) in [6.07, 6.45) is 3.34. The largest absolute Gasteiger partial charge is 0.497 e. The number of anilines is 1. The molecule has 0 saturated carbocycles. The van der Waals surface area contributed by atoms with Crippen molar-refractivity contribution in [1.82, 2.24) is 25.0 Å². The van der Waals surface area contributed by atoms with Crippen LogP contribution >= 0.6 is 23.4 Å². The number of thioether (sulfide) groups is 1. The average molecular weight is 453 g/mol. The quantitative estimate of drug-likeness (QED) is 0.330. The van der Waals surface area contributed by atoms with E-state index in [0.717, 1.165) is 5.69 Å². The highest BCUT2D eigenvalue weighted by Crippen LogP contribution is 2.24. The number of hydrogen-bond donors (Lipinski definition) is 1. The van der Waals surface area contributed by atoms with Crippen LogP contribution in [0.15, 0.2) is 72.1 Å². The fraction of sp³-hybridized carbons (Fsp3) is 0.0952. The second-order valence-electron chi connectivity index (χ2n) is 6.28. The van der Waals surface area contributed by atoms with E-state index in [1.165, 1.54) is 11.8 Å². The molecule has 8 nitrogen and oxygen atoms in total. The maximum Gasteiger partial charge on any atom is 0.278 e. The van der Waals surface area contributed by atoms with Crippen LogP contribution in [0.5, 0.6) is 5.75 Å². The van der Waals surface area contributed by atoms with Crippen molar-refractivity contribution in [1.29, 1.82) is 0 Å². The third-order valence-electron chi connectivity index (χ3n) is 4.28. The summed E-state index contributed by atoms with van der Waals surface area (Å²) in [7, 11) is 1.59. The Bertz CT molecular complexity index is 1170. The van der Waals surface area contributed by atoms with E-state index >= 15 is 0 Å². The van der Waals surface area contributed by atoms with Crippen molar-refractivity contribution < 1.29 is 9.53 Å². The molecule has 2 aromatic heterocycles. The van der Waals surface area contributed by atoms with Gasteiger partial charge in [-0.15, -0.1) is 5.10 Å². The summed E-state index contributed by atoms with van der Waals surface area (Å²) in [5.41, 5.74) is 2.20. The van der Waals surface area contributed by atoms with Crippen LogP contribution in [0.4, 0.5) is 5.69 Å². The van der Waals surface area contributed by atoms with Crippen LogP contribution in [0.2, 0.25) is 5.02 Å². The Labute approximate surface area is 187 Å². The van der Waals surface area contributed by atoms with Gasteiger partial charge < -0.3 is 10.1 Å². The van der Waals surface area contributed by atoms with E-state index in [-0.39, 0.29) is 11.6 Å². The van der Waals surface area contributed by atoms with Crippen LogP contribution in [0.3, 0.4) is 0 Å². The molecule has 2 aromatic carbocycles. The molecule has 1 amide bonds. The molecule has 0 bridgehead atoms. The number of rotatable bonds is 7. The lowest BCUT2D eigenvalue weighted by atomic mass is 10.2. The maximum absolute atomic E-state index is 13.0. The molecule has 0 spiro atoms. The Balaban J connectivity index is 1.63. The molecular formula is C21H17ClN6O2S. The molecule has 156 valence electrons. The van der Waals surface area contributed by atoms with Gasteiger partial charge in [0, 0.05) is 28.9 Å². The molecular weight excluding hydrogens is 436 g/mol. The molecule has 0 saturated heterocycles. The first-order valence-electron chi connectivity index (χ1n) is 9.20. The van der Waals surface area contributed by atoms with Crippen molar-refractivity contribution in [2.75, 3.05) is 12.4 Å². The van der Waals surface area contributed by atoms with E-state index < -0.39 is 0 Å². The first-order chi connectivity index (χ1) is 15.1. The summed E-state index contributed by atoms with van der Waals surface area (Å²) >= 11 is 7.40. The Kier molecular flexibility index (Phi) is 6.44. The van der Waals surface area contributed by atoms with Gasteiger partial charge in [0.25, 0.3) is 5.91 Å². The number of nitrogens with one attached hydrogen (secondary N) is 1. The summed E-state index contributed by atoms with van der Waals surface area (Å²) in [4.78, 5) is 21.4. The number of nitrogens with zero attached hydrogens (tertiary/aromatic N) is 5. The lowest BCUT2D eigenvalue weighted by Gasteiger charge is -2.09. The topological polar surface area (TPSA) is 94.8 Å². The maximum atomic E-state index is 13.0. The van der Waals surface area contributed by atoms with E-state index in [2.05, 4.69) is 25.6 Å². The van der Waals surface area contributed by atoms with Crippen molar-refractivity contribution in [2.45, 2.75) is 10.9 Å². The number of methoxy groups -OCH3 is 1. The fourth-order valence-corrected chi connectivity index (χ4v) is 3.68. The summed E-state index contributed by atoms with van der Waals surface area (Å²) < 4.78 is 6.77. The molecule has 10 heteroatoms. The molecule has 4 aromatic rings. The van der Waals surface area contributed by atoms with E-state index in [0.29, 0.717) is 33.1 Å². The van der Waals surface area contributed by atoms with Gasteiger partial charge in [-0.05, 0) is 54.6 Å². The van der Waals surface area contributed by atoms with Gasteiger partial charge in [-0.1, -0.05) is 28.6 Å². The van der Waals surface area contributed by atoms with Crippen molar-refractivity contribution in [3.8, 4) is 11.4 Å². The second-order valence-corrected chi connectivity index (χ2v) is 7.65. The lowest BCUT2D eigenvalue weighted by Crippen LogP contribution is -2.15. The minimum absolute atomic E-state index is 0.217. The smallest absolute Gasteiger partial charge is 0.278 e. The first kappa shape index (κ1) is 20.8. The average Bonchev–Trinajstić information content (AvgIpc) is 3.23. The van der Waals surface area contributed by atoms with Gasteiger partial charge in [0.1, 0.15) is 5.75 Å². The minimum Gasteiger partial charge on any atom is -0.497 e. The summed E-state index contributed by atoms with van der Waals surface area (Å²) in [6, 6.07) is 15.9. The molecule has 4 rings (SSSR count). The molecule has 0 aliphatic heterocycles. The van der Waals surface area contributed by atoms with Crippen molar-refractivity contribution in [2.24, 2.45) is 0 Å². The molecule has 0 aliphatic rings. The van der Waals surface area contributed by atoms with Crippen molar-refractivity contribution in [3.63, 3.8) is 0 Å². The van der Waals surface area contributed by atoms with Crippen LogP contribution < -0.4 is 10.1 Å². The van der Waals surface area contributed by atoms with Crippen molar-refractivity contribution >= 4 is 35.0 Å². The van der Waals surface area contributed by atoms with E-state index in [1.54, 1.807) is 66.6 Å². The molecule has 0 radical (unpaired) electrons. The van der Waals surface area contributed by atoms with Crippen LogP contribution in [-0.2, 0) is 5.75 Å². The summed E-state index contributed by atoms with van der Waals surface area (Å²) in [5, 5.41) is 12.4. The van der Waals surface area contributed by atoms with Gasteiger partial charge in [-0.2, -0.15) is 0 Å². The van der Waals surface area contributed by atoms with Gasteiger partial charge in [0.05, 0.1) is 18.5 Å². The molecule has 0 fully saturated rings. The monoisotopic (exact) mass is 452 g/mol. The highest BCUT2D eigenvalue weighted by molar-refractivity contribution is 7.98. The predicted molar refractivity (Wildman–Crippen MR) is 119 cm³/mol. The third kappa shape index (κ3) is 5.01. The first-order valence-corrected chi connectivity index (χ1v) is 10.6. The lowest BCUT2D eigenvalue weighted by molar-refractivity contribution is 0.102. The predicted octanol–water partition coefficient (Wildman–Crippen LogP) is 4.26. The number of ether oxygens (including phenoxy) is 1. The third-order valence-corrected chi connectivity index (χ3v) is 5.42. The van der Waals surface area contributed by atoms with Crippen LogP contribution in [-0.4, -0.2) is 38.0 Å². The number of benzene rings is 2. The Morgan fingerprint density at radius 3 is 2.48 bits per heavy atom. The van der Waals surface area contributed by atoms with Crippen molar-refractivity contribution in [3.05, 3.63) is 83.4 Å². The Morgan fingerprint density at radius 2 is 1.81 bits per heavy atom. The summed E-state index contributed by atoms with van der Waals surface area (Å²) in [5.74, 6) is 0.729. The van der Waals surface area contributed by atoms with E-state index in [9.17, 15) is 4.79 Å². The normalized spacial score (nSPS) is 10.6. The van der Waals surface area contributed by atoms with Crippen LogP contribution in [0, 0.1) is 0 Å². The van der Waals surface area contributed by atoms with Gasteiger partial charge in [-0.3, -0.25) is 4.79 Å². The van der Waals surface area contributed by atoms with Crippen LogP contribution in [0.1, 0.15) is 16.2 Å². The minimum atomic E-state index is -0.366. The molecule has 31 heavy (non-hydrogen) atoms.